The van der Waals surface area contributed by atoms with Crippen LogP contribution in [0.15, 0.2) is 18.2 Å². The molecule has 0 atom stereocenters. The van der Waals surface area contributed by atoms with Crippen molar-refractivity contribution in [1.82, 2.24) is 0 Å². The van der Waals surface area contributed by atoms with Gasteiger partial charge in [-0.2, -0.15) is 5.26 Å². The number of aryl methyl sites for hydroxylation is 1. The zero-order valence-electron chi connectivity index (χ0n) is 12.6. The first-order chi connectivity index (χ1) is 11.3. The van der Waals surface area contributed by atoms with E-state index in [0.717, 1.165) is 28.3 Å². The van der Waals surface area contributed by atoms with Crippen LogP contribution in [0.25, 0.3) is 0 Å². The fourth-order valence-corrected chi connectivity index (χ4v) is 3.12. The second kappa shape index (κ2) is 6.47. The number of carboxylic acids is 1. The summed E-state index contributed by atoms with van der Waals surface area (Å²) in [4.78, 5) is 34.5. The van der Waals surface area contributed by atoms with Crippen molar-refractivity contribution in [3.8, 4) is 6.07 Å². The van der Waals surface area contributed by atoms with Crippen LogP contribution in [0.1, 0.15) is 36.7 Å². The summed E-state index contributed by atoms with van der Waals surface area (Å²) in [5.41, 5.74) is -0.967. The van der Waals surface area contributed by atoms with Gasteiger partial charge in [-0.05, 0) is 25.5 Å². The molecule has 24 heavy (non-hydrogen) atoms. The fraction of sp³-hybridized carbons (Fsp3) is 0.133. The van der Waals surface area contributed by atoms with Crippen LogP contribution in [-0.2, 0) is 0 Å². The molecule has 0 bridgehead atoms. The molecule has 1 amide bonds. The lowest BCUT2D eigenvalue weighted by Gasteiger charge is -2.10. The van der Waals surface area contributed by atoms with Crippen molar-refractivity contribution in [3.63, 3.8) is 0 Å². The highest BCUT2D eigenvalue weighted by Crippen LogP contribution is 2.32. The third-order valence-corrected chi connectivity index (χ3v) is 4.53. The lowest BCUT2D eigenvalue weighted by atomic mass is 10.0. The van der Waals surface area contributed by atoms with Crippen LogP contribution < -0.4 is 10.4 Å². The highest BCUT2D eigenvalue weighted by molar-refractivity contribution is 7.16. The molecule has 1 aromatic carbocycles. The van der Waals surface area contributed by atoms with Crippen molar-refractivity contribution in [2.24, 2.45) is 0 Å². The maximum absolute atomic E-state index is 12.4. The van der Waals surface area contributed by atoms with Gasteiger partial charge in [-0.3, -0.25) is 14.9 Å². The van der Waals surface area contributed by atoms with Gasteiger partial charge in [-0.15, -0.1) is 11.3 Å². The van der Waals surface area contributed by atoms with Crippen LogP contribution in [0.4, 0.5) is 10.7 Å². The normalized spacial score (nSPS) is 10.0. The molecule has 2 rings (SSSR count). The number of hydrogen-bond donors (Lipinski definition) is 1. The maximum atomic E-state index is 12.4. The third-order valence-electron chi connectivity index (χ3n) is 3.41. The summed E-state index contributed by atoms with van der Waals surface area (Å²) >= 11 is 1.16. The van der Waals surface area contributed by atoms with E-state index in [9.17, 15) is 24.8 Å². The van der Waals surface area contributed by atoms with Gasteiger partial charge in [0.15, 0.2) is 0 Å². The van der Waals surface area contributed by atoms with E-state index in [1.54, 1.807) is 13.8 Å². The Kier molecular flexibility index (Phi) is 4.61. The number of aromatic carboxylic acids is 1. The number of nitrogens with zero attached hydrogens (tertiary/aromatic N) is 2. The maximum Gasteiger partial charge on any atom is 0.279 e. The monoisotopic (exact) mass is 344 g/mol. The number of nitriles is 1. The first-order valence-corrected chi connectivity index (χ1v) is 7.39. The number of amides is 1. The molecule has 0 aliphatic rings. The lowest BCUT2D eigenvalue weighted by molar-refractivity contribution is -0.385. The van der Waals surface area contributed by atoms with Crippen LogP contribution >= 0.6 is 11.3 Å². The topological polar surface area (TPSA) is 136 Å². The Labute approximate surface area is 140 Å². The van der Waals surface area contributed by atoms with Crippen LogP contribution in [0, 0.1) is 35.3 Å². The van der Waals surface area contributed by atoms with Crippen molar-refractivity contribution in [2.45, 2.75) is 13.8 Å². The Balaban J connectivity index is 2.51. The number of rotatable bonds is 4. The van der Waals surface area contributed by atoms with Gasteiger partial charge in [-0.25, -0.2) is 0 Å². The summed E-state index contributed by atoms with van der Waals surface area (Å²) in [6.07, 6.45) is 0. The Morgan fingerprint density at radius 1 is 1.33 bits per heavy atom. The van der Waals surface area contributed by atoms with E-state index < -0.39 is 33.6 Å². The van der Waals surface area contributed by atoms with Gasteiger partial charge in [0.2, 0.25) is 0 Å². The Bertz CT molecular complexity index is 911. The number of thiophene rings is 1. The third kappa shape index (κ3) is 2.95. The molecule has 1 N–H and O–H groups in total. The van der Waals surface area contributed by atoms with Crippen LogP contribution in [-0.4, -0.2) is 16.8 Å². The standard InChI is InChI=1S/C15H11N3O5S/c1-7-8(2)24-14(10(7)6-16)17-13(19)9-4-3-5-11(18(22)23)12(9)15(20)21/h3-5H,1-2H3,(H,17,19)(H,20,21)/p-1. The van der Waals surface area contributed by atoms with E-state index in [4.69, 9.17) is 5.26 Å². The zero-order valence-corrected chi connectivity index (χ0v) is 13.4. The number of anilines is 1. The van der Waals surface area contributed by atoms with Gasteiger partial charge in [0.05, 0.1) is 27.6 Å². The number of carboxylic acid groups (broad SMARTS) is 1. The van der Waals surface area contributed by atoms with Crippen molar-refractivity contribution in [2.75, 3.05) is 5.32 Å². The molecule has 0 saturated carbocycles. The number of hydrogen-bond acceptors (Lipinski definition) is 7. The number of carbonyl (C=O) groups excluding carboxylic acids is 2. The van der Waals surface area contributed by atoms with E-state index >= 15 is 0 Å². The Morgan fingerprint density at radius 2 is 2.00 bits per heavy atom. The van der Waals surface area contributed by atoms with Crippen molar-refractivity contribution < 1.29 is 19.6 Å². The minimum Gasteiger partial charge on any atom is -0.545 e. The van der Waals surface area contributed by atoms with Crippen LogP contribution in [0.3, 0.4) is 0 Å². The quantitative estimate of drug-likeness (QED) is 0.663. The summed E-state index contributed by atoms with van der Waals surface area (Å²) in [7, 11) is 0. The van der Waals surface area contributed by atoms with Gasteiger partial charge in [-0.1, -0.05) is 6.07 Å². The molecule has 0 saturated heterocycles. The van der Waals surface area contributed by atoms with E-state index in [1.165, 1.54) is 6.07 Å². The van der Waals surface area contributed by atoms with Crippen LogP contribution in [0.5, 0.6) is 0 Å². The molecular weight excluding hydrogens is 334 g/mol. The Hall–Kier alpha value is -3.25. The zero-order chi connectivity index (χ0) is 18.0. The predicted molar refractivity (Wildman–Crippen MR) is 83.9 cm³/mol. The lowest BCUT2D eigenvalue weighted by Crippen LogP contribution is -2.27. The van der Waals surface area contributed by atoms with Gasteiger partial charge in [0, 0.05) is 10.9 Å². The fourth-order valence-electron chi connectivity index (χ4n) is 2.12. The summed E-state index contributed by atoms with van der Waals surface area (Å²) in [6, 6.07) is 5.29. The average molecular weight is 344 g/mol. The highest BCUT2D eigenvalue weighted by atomic mass is 32.1. The first-order valence-electron chi connectivity index (χ1n) is 6.58. The van der Waals surface area contributed by atoms with Gasteiger partial charge < -0.3 is 15.2 Å². The van der Waals surface area contributed by atoms with E-state index in [0.29, 0.717) is 5.56 Å². The molecule has 1 heterocycles. The highest BCUT2D eigenvalue weighted by Gasteiger charge is 2.24. The molecular formula is C15H10N3O5S-. The van der Waals surface area contributed by atoms with E-state index in [2.05, 4.69) is 5.32 Å². The second-order valence-corrected chi connectivity index (χ2v) is 6.02. The Morgan fingerprint density at radius 3 is 2.54 bits per heavy atom. The predicted octanol–water partition coefficient (Wildman–Crippen LogP) is 1.76. The average Bonchev–Trinajstić information content (AvgIpc) is 2.79. The molecule has 0 unspecified atom stereocenters. The van der Waals surface area contributed by atoms with Gasteiger partial charge >= 0.3 is 0 Å². The molecule has 122 valence electrons. The molecule has 1 aromatic heterocycles. The largest absolute Gasteiger partial charge is 0.545 e. The molecule has 0 aliphatic carbocycles. The molecule has 9 heteroatoms. The number of nitro benzene ring substituents is 1. The van der Waals surface area contributed by atoms with Crippen molar-refractivity contribution in [1.29, 1.82) is 5.26 Å². The van der Waals surface area contributed by atoms with Crippen molar-refractivity contribution >= 4 is 33.9 Å². The summed E-state index contributed by atoms with van der Waals surface area (Å²) < 4.78 is 0. The summed E-state index contributed by atoms with van der Waals surface area (Å²) in [5, 5.41) is 34.1. The number of benzene rings is 1. The van der Waals surface area contributed by atoms with E-state index in [1.807, 2.05) is 6.07 Å². The molecule has 0 fully saturated rings. The minimum atomic E-state index is -1.83. The molecule has 0 radical (unpaired) electrons. The number of carbonyl (C=O) groups is 2. The SMILES string of the molecule is Cc1sc(NC(=O)c2cccc([N+](=O)[O-])c2C(=O)[O-])c(C#N)c1C. The van der Waals surface area contributed by atoms with Gasteiger partial charge in [0.1, 0.15) is 11.1 Å². The van der Waals surface area contributed by atoms with E-state index in [-0.39, 0.29) is 10.6 Å². The molecule has 2 aromatic rings. The molecule has 0 aliphatic heterocycles. The first kappa shape index (κ1) is 17.1. The minimum absolute atomic E-state index is 0.258. The summed E-state index contributed by atoms with van der Waals surface area (Å²) in [6.45, 7) is 3.50. The van der Waals surface area contributed by atoms with Gasteiger partial charge in [0.25, 0.3) is 11.6 Å². The van der Waals surface area contributed by atoms with Crippen molar-refractivity contribution in [3.05, 3.63) is 55.4 Å². The number of nitrogens with one attached hydrogen (secondary N) is 1. The number of nitro groups is 1. The molecule has 8 nitrogen and oxygen atoms in total. The smallest absolute Gasteiger partial charge is 0.279 e. The summed E-state index contributed by atoms with van der Waals surface area (Å²) in [5.74, 6) is -2.69. The molecule has 0 spiro atoms. The van der Waals surface area contributed by atoms with Crippen LogP contribution in [0.2, 0.25) is 0 Å². The second-order valence-electron chi connectivity index (χ2n) is 4.80.